The number of amides is 2. The van der Waals surface area contributed by atoms with Gasteiger partial charge >= 0.3 is 0 Å². The van der Waals surface area contributed by atoms with Crippen molar-refractivity contribution in [3.63, 3.8) is 0 Å². The van der Waals surface area contributed by atoms with Crippen LogP contribution in [0.4, 0.5) is 0 Å². The molecule has 1 aliphatic rings. The largest absolute Gasteiger partial charge is 0.497 e. The molecule has 0 atom stereocenters. The molecule has 1 aromatic carbocycles. The molecule has 114 valence electrons. The Hall–Kier alpha value is -1.55. The fraction of sp³-hybridized carbons (Fsp3) is 0.500. The van der Waals surface area contributed by atoms with Gasteiger partial charge in [0.05, 0.1) is 7.11 Å². The van der Waals surface area contributed by atoms with Crippen molar-refractivity contribution in [2.24, 2.45) is 5.41 Å². The third kappa shape index (κ3) is 3.76. The van der Waals surface area contributed by atoms with Gasteiger partial charge in [-0.05, 0) is 42.0 Å². The van der Waals surface area contributed by atoms with Crippen LogP contribution >= 0.6 is 11.6 Å². The van der Waals surface area contributed by atoms with Crippen LogP contribution in [0, 0.1) is 5.41 Å². The second-order valence-electron chi connectivity index (χ2n) is 5.71. The van der Waals surface area contributed by atoms with E-state index in [2.05, 4.69) is 12.2 Å². The van der Waals surface area contributed by atoms with Gasteiger partial charge in [-0.15, -0.1) is 0 Å². The van der Waals surface area contributed by atoms with Gasteiger partial charge in [-0.1, -0.05) is 24.9 Å². The number of carbonyl (C=O) groups is 2. The van der Waals surface area contributed by atoms with Crippen LogP contribution in [0.2, 0.25) is 5.02 Å². The van der Waals surface area contributed by atoms with Crippen molar-refractivity contribution in [2.75, 3.05) is 7.11 Å². The highest BCUT2D eigenvalue weighted by Crippen LogP contribution is 2.40. The number of halogens is 1. The van der Waals surface area contributed by atoms with Gasteiger partial charge in [0.15, 0.2) is 0 Å². The SMILES string of the molecule is CCCC1(Cc2cc(OC)ccc2Cl)CC(=O)NC(=O)C1. The maximum atomic E-state index is 11.8. The van der Waals surface area contributed by atoms with Crippen LogP contribution in [0.1, 0.15) is 38.2 Å². The Morgan fingerprint density at radius 1 is 1.29 bits per heavy atom. The zero-order valence-electron chi connectivity index (χ0n) is 12.4. The molecule has 4 nitrogen and oxygen atoms in total. The van der Waals surface area contributed by atoms with E-state index in [0.717, 1.165) is 24.2 Å². The average molecular weight is 310 g/mol. The van der Waals surface area contributed by atoms with Crippen LogP contribution in [0.25, 0.3) is 0 Å². The van der Waals surface area contributed by atoms with Gasteiger partial charge in [-0.3, -0.25) is 14.9 Å². The van der Waals surface area contributed by atoms with Crippen molar-refractivity contribution >= 4 is 23.4 Å². The molecule has 1 aromatic rings. The summed E-state index contributed by atoms with van der Waals surface area (Å²) < 4.78 is 5.23. The monoisotopic (exact) mass is 309 g/mol. The van der Waals surface area contributed by atoms with Crippen molar-refractivity contribution in [1.82, 2.24) is 5.32 Å². The Kier molecular flexibility index (Phi) is 4.88. The lowest BCUT2D eigenvalue weighted by molar-refractivity contribution is -0.138. The predicted octanol–water partition coefficient (Wildman–Crippen LogP) is 3.11. The van der Waals surface area contributed by atoms with Crippen LogP contribution < -0.4 is 10.1 Å². The number of hydrogen-bond donors (Lipinski definition) is 1. The average Bonchev–Trinajstić information content (AvgIpc) is 2.40. The van der Waals surface area contributed by atoms with Crippen LogP contribution in [0.15, 0.2) is 18.2 Å². The number of piperidine rings is 1. The van der Waals surface area contributed by atoms with Crippen LogP contribution in [-0.4, -0.2) is 18.9 Å². The Morgan fingerprint density at radius 3 is 2.52 bits per heavy atom. The molecule has 1 saturated heterocycles. The Bertz CT molecular complexity index is 540. The molecule has 1 heterocycles. The number of rotatable bonds is 5. The van der Waals surface area contributed by atoms with Gasteiger partial charge in [0.2, 0.25) is 11.8 Å². The van der Waals surface area contributed by atoms with E-state index in [1.165, 1.54) is 0 Å². The highest BCUT2D eigenvalue weighted by atomic mass is 35.5. The zero-order valence-corrected chi connectivity index (χ0v) is 13.1. The van der Waals surface area contributed by atoms with E-state index in [9.17, 15) is 9.59 Å². The summed E-state index contributed by atoms with van der Waals surface area (Å²) in [6, 6.07) is 5.48. The molecule has 2 amide bonds. The quantitative estimate of drug-likeness (QED) is 0.850. The fourth-order valence-electron chi connectivity index (χ4n) is 3.13. The first kappa shape index (κ1) is 15.8. The molecule has 5 heteroatoms. The molecule has 0 bridgehead atoms. The molecule has 1 N–H and O–H groups in total. The Morgan fingerprint density at radius 2 is 1.95 bits per heavy atom. The maximum absolute atomic E-state index is 11.8. The molecule has 21 heavy (non-hydrogen) atoms. The maximum Gasteiger partial charge on any atom is 0.227 e. The third-order valence-corrected chi connectivity index (χ3v) is 4.32. The minimum absolute atomic E-state index is 0.196. The van der Waals surface area contributed by atoms with E-state index in [1.54, 1.807) is 19.2 Å². The third-order valence-electron chi connectivity index (χ3n) is 3.95. The van der Waals surface area contributed by atoms with Crippen LogP contribution in [-0.2, 0) is 16.0 Å². The van der Waals surface area contributed by atoms with E-state index >= 15 is 0 Å². The zero-order chi connectivity index (χ0) is 15.5. The lowest BCUT2D eigenvalue weighted by atomic mass is 9.71. The predicted molar refractivity (Wildman–Crippen MR) is 81.4 cm³/mol. The second-order valence-corrected chi connectivity index (χ2v) is 6.12. The highest BCUT2D eigenvalue weighted by molar-refractivity contribution is 6.31. The molecule has 0 unspecified atom stereocenters. The summed E-state index contributed by atoms with van der Waals surface area (Å²) >= 11 is 6.27. The second kappa shape index (κ2) is 6.48. The van der Waals surface area contributed by atoms with Crippen molar-refractivity contribution in [1.29, 1.82) is 0 Å². The first-order chi connectivity index (χ1) is 9.98. The van der Waals surface area contributed by atoms with E-state index in [0.29, 0.717) is 24.3 Å². The highest BCUT2D eigenvalue weighted by Gasteiger charge is 2.39. The molecule has 2 rings (SSSR count). The molecule has 0 aromatic heterocycles. The van der Waals surface area contributed by atoms with Gasteiger partial charge < -0.3 is 4.74 Å². The number of methoxy groups -OCH3 is 1. The van der Waals surface area contributed by atoms with Gasteiger partial charge in [0.25, 0.3) is 0 Å². The van der Waals surface area contributed by atoms with Crippen molar-refractivity contribution < 1.29 is 14.3 Å². The molecule has 1 aliphatic heterocycles. The number of hydrogen-bond acceptors (Lipinski definition) is 3. The van der Waals surface area contributed by atoms with E-state index in [-0.39, 0.29) is 17.2 Å². The first-order valence-electron chi connectivity index (χ1n) is 7.13. The number of ether oxygens (including phenoxy) is 1. The van der Waals surface area contributed by atoms with Crippen molar-refractivity contribution in [3.05, 3.63) is 28.8 Å². The van der Waals surface area contributed by atoms with Gasteiger partial charge in [0, 0.05) is 17.9 Å². The van der Waals surface area contributed by atoms with Crippen molar-refractivity contribution in [3.8, 4) is 5.75 Å². The number of benzene rings is 1. The van der Waals surface area contributed by atoms with Crippen LogP contribution in [0.3, 0.4) is 0 Å². The number of imide groups is 1. The first-order valence-corrected chi connectivity index (χ1v) is 7.51. The molecule has 0 spiro atoms. The van der Waals surface area contributed by atoms with E-state index < -0.39 is 0 Å². The Balaban J connectivity index is 2.31. The molecular formula is C16H20ClNO3. The smallest absolute Gasteiger partial charge is 0.227 e. The van der Waals surface area contributed by atoms with E-state index in [4.69, 9.17) is 16.3 Å². The minimum atomic E-state index is -0.343. The lowest BCUT2D eigenvalue weighted by Crippen LogP contribution is -2.45. The van der Waals surface area contributed by atoms with Crippen molar-refractivity contribution in [2.45, 2.75) is 39.0 Å². The topological polar surface area (TPSA) is 55.4 Å². The number of nitrogens with one attached hydrogen (secondary N) is 1. The lowest BCUT2D eigenvalue weighted by Gasteiger charge is -2.36. The summed E-state index contributed by atoms with van der Waals surface area (Å²) in [5.41, 5.74) is 0.580. The van der Waals surface area contributed by atoms with Gasteiger partial charge in [-0.2, -0.15) is 0 Å². The molecule has 1 fully saturated rings. The molecule has 0 saturated carbocycles. The minimum Gasteiger partial charge on any atom is -0.497 e. The fourth-order valence-corrected chi connectivity index (χ4v) is 3.31. The summed E-state index contributed by atoms with van der Waals surface area (Å²) in [7, 11) is 1.60. The molecule has 0 radical (unpaired) electrons. The van der Waals surface area contributed by atoms with Gasteiger partial charge in [0.1, 0.15) is 5.75 Å². The summed E-state index contributed by atoms with van der Waals surface area (Å²) in [4.78, 5) is 23.5. The molecule has 0 aliphatic carbocycles. The molecular weight excluding hydrogens is 290 g/mol. The Labute approximate surface area is 129 Å². The summed E-state index contributed by atoms with van der Waals surface area (Å²) in [5, 5.41) is 3.02. The standard InChI is InChI=1S/C16H20ClNO3/c1-3-6-16(9-14(19)18-15(20)10-16)8-11-7-12(21-2)4-5-13(11)17/h4-5,7H,3,6,8-10H2,1-2H3,(H,18,19,20). The van der Waals surface area contributed by atoms with Crippen LogP contribution in [0.5, 0.6) is 5.75 Å². The normalized spacial score (nSPS) is 17.5. The van der Waals surface area contributed by atoms with Gasteiger partial charge in [-0.25, -0.2) is 0 Å². The summed E-state index contributed by atoms with van der Waals surface area (Å²) in [6.45, 7) is 2.06. The summed E-state index contributed by atoms with van der Waals surface area (Å²) in [6.07, 6.45) is 3.07. The van der Waals surface area contributed by atoms with E-state index in [1.807, 2.05) is 6.07 Å². The number of carbonyl (C=O) groups excluding carboxylic acids is 2. The summed E-state index contributed by atoms with van der Waals surface area (Å²) in [5.74, 6) is 0.338.